The van der Waals surface area contributed by atoms with Crippen molar-refractivity contribution in [1.82, 2.24) is 5.32 Å². The lowest BCUT2D eigenvalue weighted by molar-refractivity contribution is -0.126. The van der Waals surface area contributed by atoms with Gasteiger partial charge in [0.2, 0.25) is 9.14 Å². The molecule has 0 saturated carbocycles. The van der Waals surface area contributed by atoms with Gasteiger partial charge in [0.1, 0.15) is 5.69 Å². The Hall–Kier alpha value is -0.340. The number of hydrazone groups is 1. The number of amidine groups is 1. The van der Waals surface area contributed by atoms with Crippen molar-refractivity contribution in [3.8, 4) is 0 Å². The molecule has 0 unspecified atom stereocenters. The third-order valence-corrected chi connectivity index (χ3v) is 5.29. The number of hydrogen-bond donors (Lipinski definition) is 1. The van der Waals surface area contributed by atoms with E-state index >= 15 is 0 Å². The predicted molar refractivity (Wildman–Crippen MR) is 105 cm³/mol. The number of carbonyl (C=O) groups excluding carboxylic acids is 2. The Morgan fingerprint density at radius 2 is 1.71 bits per heavy atom. The highest BCUT2D eigenvalue weighted by atomic mass is 79.9. The van der Waals surface area contributed by atoms with Crippen LogP contribution in [0.5, 0.6) is 0 Å². The molecule has 0 aliphatic carbocycles. The predicted octanol–water partition coefficient (Wildman–Crippen LogP) is 4.96. The highest BCUT2D eigenvalue weighted by molar-refractivity contribution is 9.26. The van der Waals surface area contributed by atoms with Gasteiger partial charge in [-0.3, -0.25) is 9.59 Å². The summed E-state index contributed by atoms with van der Waals surface area (Å²) in [6, 6.07) is 2.89. The minimum Gasteiger partial charge on any atom is -0.310 e. The molecule has 0 fully saturated rings. The standard InChI is InChI=1S/C14H12Br2Cl3N3O2/c1-13(2,3)11(23)20-10-14(15,16)12(24)22(21-10)9-7(18)4-6(17)5-8(9)19/h4-5H,1-3H3,(H,20,21,23). The lowest BCUT2D eigenvalue weighted by Crippen LogP contribution is -2.47. The summed E-state index contributed by atoms with van der Waals surface area (Å²) in [5, 5.41) is 8.45. The normalized spacial score (nSPS) is 17.1. The fourth-order valence-electron chi connectivity index (χ4n) is 1.73. The molecule has 5 nitrogen and oxygen atoms in total. The van der Waals surface area contributed by atoms with E-state index in [4.69, 9.17) is 34.8 Å². The Morgan fingerprint density at radius 3 is 2.17 bits per heavy atom. The minimum absolute atomic E-state index is 0.0782. The Labute approximate surface area is 170 Å². The van der Waals surface area contributed by atoms with Crippen LogP contribution >= 0.6 is 66.7 Å². The molecule has 0 saturated heterocycles. The lowest BCUT2D eigenvalue weighted by atomic mass is 9.95. The number of halogens is 5. The van der Waals surface area contributed by atoms with Gasteiger partial charge in [-0.25, -0.2) is 0 Å². The van der Waals surface area contributed by atoms with Gasteiger partial charge in [-0.1, -0.05) is 87.4 Å². The zero-order valence-corrected chi connectivity index (χ0v) is 18.2. The fraction of sp³-hybridized carbons (Fsp3) is 0.357. The molecule has 0 aromatic heterocycles. The molecule has 0 atom stereocenters. The maximum Gasteiger partial charge on any atom is 0.283 e. The number of nitrogens with zero attached hydrogens (tertiary/aromatic N) is 2. The van der Waals surface area contributed by atoms with Crippen molar-refractivity contribution in [1.29, 1.82) is 0 Å². The van der Waals surface area contributed by atoms with Gasteiger partial charge in [0.05, 0.1) is 10.0 Å². The van der Waals surface area contributed by atoms with Crippen molar-refractivity contribution in [3.63, 3.8) is 0 Å². The van der Waals surface area contributed by atoms with E-state index in [0.29, 0.717) is 5.02 Å². The van der Waals surface area contributed by atoms with Gasteiger partial charge in [-0.15, -0.1) is 5.10 Å². The third kappa shape index (κ3) is 3.75. The quantitative estimate of drug-likeness (QED) is 0.533. The molecule has 2 rings (SSSR count). The smallest absolute Gasteiger partial charge is 0.283 e. The topological polar surface area (TPSA) is 61.8 Å². The molecule has 1 heterocycles. The van der Waals surface area contributed by atoms with E-state index in [1.54, 1.807) is 20.8 Å². The first-order chi connectivity index (χ1) is 10.9. The Morgan fingerprint density at radius 1 is 1.21 bits per heavy atom. The van der Waals surface area contributed by atoms with E-state index < -0.39 is 14.6 Å². The number of amides is 2. The van der Waals surface area contributed by atoms with Crippen LogP contribution in [0.15, 0.2) is 17.2 Å². The summed E-state index contributed by atoms with van der Waals surface area (Å²) in [6.45, 7) is 5.23. The highest BCUT2D eigenvalue weighted by Gasteiger charge is 2.50. The van der Waals surface area contributed by atoms with E-state index in [9.17, 15) is 9.59 Å². The van der Waals surface area contributed by atoms with E-state index in [2.05, 4.69) is 42.3 Å². The number of benzene rings is 1. The van der Waals surface area contributed by atoms with Gasteiger partial charge in [0.15, 0.2) is 5.84 Å². The Balaban J connectivity index is 2.47. The largest absolute Gasteiger partial charge is 0.310 e. The number of carbonyl (C=O) groups is 2. The second kappa shape index (κ2) is 6.76. The molecule has 24 heavy (non-hydrogen) atoms. The second-order valence-electron chi connectivity index (χ2n) is 6.06. The van der Waals surface area contributed by atoms with Gasteiger partial charge in [-0.2, -0.15) is 5.01 Å². The van der Waals surface area contributed by atoms with E-state index in [0.717, 1.165) is 5.01 Å². The summed E-state index contributed by atoms with van der Waals surface area (Å²) in [5.74, 6) is -0.736. The molecule has 10 heteroatoms. The summed E-state index contributed by atoms with van der Waals surface area (Å²) < 4.78 is -1.40. The minimum atomic E-state index is -1.40. The monoisotopic (exact) mass is 517 g/mol. The Bertz CT molecular complexity index is 737. The molecule has 2 amide bonds. The van der Waals surface area contributed by atoms with Crippen LogP contribution in [-0.4, -0.2) is 20.9 Å². The fourth-order valence-corrected chi connectivity index (χ4v) is 3.40. The molecule has 1 aromatic carbocycles. The van der Waals surface area contributed by atoms with Gasteiger partial charge >= 0.3 is 0 Å². The average Bonchev–Trinajstić information content (AvgIpc) is 2.61. The van der Waals surface area contributed by atoms with Crippen LogP contribution in [-0.2, 0) is 9.59 Å². The van der Waals surface area contributed by atoms with Gasteiger partial charge in [-0.05, 0) is 12.1 Å². The van der Waals surface area contributed by atoms with Crippen LogP contribution in [0, 0.1) is 5.41 Å². The van der Waals surface area contributed by atoms with Crippen molar-refractivity contribution in [2.45, 2.75) is 24.0 Å². The molecule has 1 aliphatic rings. The summed E-state index contributed by atoms with van der Waals surface area (Å²) in [7, 11) is 0. The molecule has 130 valence electrons. The van der Waals surface area contributed by atoms with Crippen LogP contribution < -0.4 is 10.3 Å². The van der Waals surface area contributed by atoms with Gasteiger partial charge in [0.25, 0.3) is 5.91 Å². The summed E-state index contributed by atoms with van der Waals surface area (Å²) in [4.78, 5) is 24.9. The molecule has 0 bridgehead atoms. The van der Waals surface area contributed by atoms with Crippen LogP contribution in [0.25, 0.3) is 0 Å². The molecular formula is C14H12Br2Cl3N3O2. The van der Waals surface area contributed by atoms with Crippen LogP contribution in [0.3, 0.4) is 0 Å². The second-order valence-corrected chi connectivity index (χ2v) is 10.8. The maximum atomic E-state index is 12.7. The van der Waals surface area contributed by atoms with Crippen LogP contribution in [0.2, 0.25) is 15.1 Å². The SMILES string of the molecule is CC(C)(C)C(=O)NC1=NN(c2c(Cl)cc(Cl)cc2Cl)C(=O)C1(Br)Br. The molecule has 1 aromatic rings. The van der Waals surface area contributed by atoms with Crippen LogP contribution in [0.1, 0.15) is 20.8 Å². The number of hydrogen-bond acceptors (Lipinski definition) is 3. The summed E-state index contributed by atoms with van der Waals surface area (Å²) in [6.07, 6.45) is 0. The number of rotatable bonds is 1. The van der Waals surface area contributed by atoms with Crippen LogP contribution in [0.4, 0.5) is 5.69 Å². The zero-order chi connectivity index (χ0) is 18.4. The van der Waals surface area contributed by atoms with Gasteiger partial charge < -0.3 is 5.32 Å². The van der Waals surface area contributed by atoms with E-state index in [-0.39, 0.29) is 27.5 Å². The van der Waals surface area contributed by atoms with Crippen molar-refractivity contribution >= 4 is 90.0 Å². The third-order valence-electron chi connectivity index (χ3n) is 3.06. The number of alkyl halides is 2. The first-order valence-electron chi connectivity index (χ1n) is 6.63. The van der Waals surface area contributed by atoms with Crippen molar-refractivity contribution < 1.29 is 9.59 Å². The van der Waals surface area contributed by atoms with Crippen molar-refractivity contribution in [2.75, 3.05) is 5.01 Å². The summed E-state index contributed by atoms with van der Waals surface area (Å²) in [5.41, 5.74) is -0.485. The number of nitrogens with one attached hydrogen (secondary N) is 1. The first kappa shape index (κ1) is 20.0. The van der Waals surface area contributed by atoms with Crippen molar-refractivity contribution in [2.24, 2.45) is 10.5 Å². The van der Waals surface area contributed by atoms with Crippen molar-refractivity contribution in [3.05, 3.63) is 27.2 Å². The highest BCUT2D eigenvalue weighted by Crippen LogP contribution is 2.43. The van der Waals surface area contributed by atoms with Gasteiger partial charge in [0, 0.05) is 10.4 Å². The molecule has 1 N–H and O–H groups in total. The van der Waals surface area contributed by atoms with E-state index in [1.165, 1.54) is 12.1 Å². The molecule has 0 spiro atoms. The first-order valence-corrected chi connectivity index (χ1v) is 9.35. The lowest BCUT2D eigenvalue weighted by Gasteiger charge is -2.20. The molecule has 1 aliphatic heterocycles. The molecular weight excluding hydrogens is 508 g/mol. The number of anilines is 1. The zero-order valence-electron chi connectivity index (χ0n) is 12.8. The Kier molecular flexibility index (Phi) is 5.63. The summed E-state index contributed by atoms with van der Waals surface area (Å²) >= 11 is 24.7. The molecule has 0 radical (unpaired) electrons. The van der Waals surface area contributed by atoms with E-state index in [1.807, 2.05) is 0 Å². The average molecular weight is 520 g/mol. The maximum absolute atomic E-state index is 12.7.